The fraction of sp³-hybridized carbons (Fsp3) is 0.500. The van der Waals surface area contributed by atoms with Crippen molar-refractivity contribution in [2.75, 3.05) is 11.9 Å². The van der Waals surface area contributed by atoms with Crippen molar-refractivity contribution in [3.63, 3.8) is 0 Å². The molecule has 0 aromatic carbocycles. The van der Waals surface area contributed by atoms with Crippen LogP contribution in [0.3, 0.4) is 0 Å². The van der Waals surface area contributed by atoms with E-state index >= 15 is 0 Å². The summed E-state index contributed by atoms with van der Waals surface area (Å²) >= 11 is 3.22. The number of nitrogens with one attached hydrogen (secondary N) is 1. The van der Waals surface area contributed by atoms with E-state index in [2.05, 4.69) is 47.7 Å². The Morgan fingerprint density at radius 3 is 3.00 bits per heavy atom. The maximum Gasteiger partial charge on any atom is 0.324 e. The Morgan fingerprint density at radius 2 is 2.29 bits per heavy atom. The van der Waals surface area contributed by atoms with Gasteiger partial charge in [0.15, 0.2) is 0 Å². The van der Waals surface area contributed by atoms with Crippen LogP contribution >= 0.6 is 22.7 Å². The van der Waals surface area contributed by atoms with Crippen LogP contribution in [0.5, 0.6) is 0 Å². The molecule has 2 aromatic heterocycles. The third-order valence-corrected chi connectivity index (χ3v) is 5.82. The van der Waals surface area contributed by atoms with E-state index in [-0.39, 0.29) is 12.1 Å². The van der Waals surface area contributed by atoms with Gasteiger partial charge in [-0.3, -0.25) is 5.32 Å². The van der Waals surface area contributed by atoms with Crippen LogP contribution in [0.15, 0.2) is 11.4 Å². The van der Waals surface area contributed by atoms with Gasteiger partial charge in [-0.1, -0.05) is 25.2 Å². The van der Waals surface area contributed by atoms with Crippen LogP contribution in [0, 0.1) is 0 Å². The van der Waals surface area contributed by atoms with E-state index in [0.29, 0.717) is 11.0 Å². The Kier molecular flexibility index (Phi) is 3.95. The van der Waals surface area contributed by atoms with E-state index in [1.54, 1.807) is 11.3 Å². The molecule has 2 amide bonds. The Hall–Kier alpha value is -1.47. The molecule has 1 atom stereocenters. The average molecular weight is 322 g/mol. The first-order valence-corrected chi connectivity index (χ1v) is 8.73. The summed E-state index contributed by atoms with van der Waals surface area (Å²) in [6, 6.07) is 2.13. The maximum atomic E-state index is 12.4. The van der Waals surface area contributed by atoms with Crippen LogP contribution in [-0.2, 0) is 6.42 Å². The lowest BCUT2D eigenvalue weighted by molar-refractivity contribution is 0.189. The number of thiophene rings is 1. The number of anilines is 1. The summed E-state index contributed by atoms with van der Waals surface area (Å²) in [7, 11) is 0. The van der Waals surface area contributed by atoms with Crippen LogP contribution in [0.1, 0.15) is 48.2 Å². The molecule has 0 saturated carbocycles. The van der Waals surface area contributed by atoms with Crippen molar-refractivity contribution in [2.45, 2.75) is 39.2 Å². The molecule has 2 aromatic rings. The molecule has 0 radical (unpaired) electrons. The molecule has 0 fully saturated rings. The van der Waals surface area contributed by atoms with Crippen LogP contribution in [0.25, 0.3) is 0 Å². The second-order valence-electron chi connectivity index (χ2n) is 5.45. The first kappa shape index (κ1) is 14.5. The summed E-state index contributed by atoms with van der Waals surface area (Å²) in [6.07, 6.45) is 0.929. The molecule has 5 nitrogen and oxygen atoms in total. The second-order valence-corrected chi connectivity index (χ2v) is 7.46. The van der Waals surface area contributed by atoms with Gasteiger partial charge in [-0.2, -0.15) is 0 Å². The van der Waals surface area contributed by atoms with Crippen molar-refractivity contribution in [3.05, 3.63) is 26.9 Å². The third kappa shape index (κ3) is 2.80. The van der Waals surface area contributed by atoms with Gasteiger partial charge in [0.25, 0.3) is 0 Å². The van der Waals surface area contributed by atoms with Gasteiger partial charge in [0.05, 0.1) is 6.04 Å². The highest BCUT2D eigenvalue weighted by Crippen LogP contribution is 2.33. The summed E-state index contributed by atoms with van der Waals surface area (Å²) in [5.41, 5.74) is 1.27. The molecular formula is C14H18N4OS2. The normalized spacial score (nSPS) is 17.9. The molecule has 7 heteroatoms. The Morgan fingerprint density at radius 1 is 1.48 bits per heavy atom. The number of urea groups is 1. The van der Waals surface area contributed by atoms with Crippen LogP contribution in [0.4, 0.5) is 9.93 Å². The van der Waals surface area contributed by atoms with Crippen molar-refractivity contribution in [2.24, 2.45) is 0 Å². The SMILES string of the molecule is CC(C)c1nnc(NC(=O)N2CCc3sccc3[C@@H]2C)s1. The number of aromatic nitrogens is 2. The zero-order chi connectivity index (χ0) is 15.0. The maximum absolute atomic E-state index is 12.4. The molecule has 1 N–H and O–H groups in total. The highest BCUT2D eigenvalue weighted by Gasteiger charge is 2.28. The largest absolute Gasteiger partial charge is 0.324 e. The number of carbonyl (C=O) groups excluding carboxylic acids is 1. The minimum atomic E-state index is -0.0918. The highest BCUT2D eigenvalue weighted by molar-refractivity contribution is 7.15. The lowest BCUT2D eigenvalue weighted by Gasteiger charge is -2.33. The molecule has 0 saturated heterocycles. The van der Waals surface area contributed by atoms with Gasteiger partial charge in [0.2, 0.25) is 5.13 Å². The number of amides is 2. The summed E-state index contributed by atoms with van der Waals surface area (Å²) in [6.45, 7) is 6.95. The smallest absolute Gasteiger partial charge is 0.317 e. The topological polar surface area (TPSA) is 58.1 Å². The number of hydrogen-bond acceptors (Lipinski definition) is 5. The Labute approximate surface area is 132 Å². The van der Waals surface area contributed by atoms with Gasteiger partial charge in [-0.25, -0.2) is 4.79 Å². The molecule has 21 heavy (non-hydrogen) atoms. The second kappa shape index (κ2) is 5.73. The van der Waals surface area contributed by atoms with Crippen molar-refractivity contribution in [1.29, 1.82) is 0 Å². The van der Waals surface area contributed by atoms with Gasteiger partial charge in [-0.15, -0.1) is 21.5 Å². The van der Waals surface area contributed by atoms with Gasteiger partial charge in [0.1, 0.15) is 5.01 Å². The number of rotatable bonds is 2. The lowest BCUT2D eigenvalue weighted by Crippen LogP contribution is -2.40. The average Bonchev–Trinajstić information content (AvgIpc) is 3.07. The predicted octanol–water partition coefficient (Wildman–Crippen LogP) is 3.87. The summed E-state index contributed by atoms with van der Waals surface area (Å²) in [4.78, 5) is 15.7. The predicted molar refractivity (Wildman–Crippen MR) is 86.2 cm³/mol. The molecule has 3 heterocycles. The van der Waals surface area contributed by atoms with E-state index in [9.17, 15) is 4.79 Å². The summed E-state index contributed by atoms with van der Waals surface area (Å²) < 4.78 is 0. The Balaban J connectivity index is 1.71. The summed E-state index contributed by atoms with van der Waals surface area (Å²) in [5, 5.41) is 14.6. The minimum Gasteiger partial charge on any atom is -0.317 e. The van der Waals surface area contributed by atoms with E-state index in [1.807, 2.05) is 4.90 Å². The quantitative estimate of drug-likeness (QED) is 0.913. The third-order valence-electron chi connectivity index (χ3n) is 3.69. The molecule has 1 aliphatic heterocycles. The number of nitrogens with zero attached hydrogens (tertiary/aromatic N) is 3. The number of fused-ring (bicyclic) bond motifs is 1. The number of carbonyl (C=O) groups is 1. The zero-order valence-electron chi connectivity index (χ0n) is 12.3. The van der Waals surface area contributed by atoms with Crippen molar-refractivity contribution < 1.29 is 4.79 Å². The molecule has 0 bridgehead atoms. The van der Waals surface area contributed by atoms with Crippen LogP contribution in [-0.4, -0.2) is 27.7 Å². The molecule has 3 rings (SSSR count). The lowest BCUT2D eigenvalue weighted by atomic mass is 10.0. The van der Waals surface area contributed by atoms with Gasteiger partial charge in [-0.05, 0) is 30.4 Å². The monoisotopic (exact) mass is 322 g/mol. The number of hydrogen-bond donors (Lipinski definition) is 1. The molecular weight excluding hydrogens is 304 g/mol. The molecule has 0 unspecified atom stereocenters. The standard InChI is InChI=1S/C14H18N4OS2/c1-8(2)12-16-17-13(21-12)15-14(19)18-6-4-11-10(9(18)3)5-7-20-11/h5,7-9H,4,6H2,1-3H3,(H,15,17,19)/t9-/m0/s1. The first-order valence-electron chi connectivity index (χ1n) is 7.03. The van der Waals surface area contributed by atoms with Crippen molar-refractivity contribution in [3.8, 4) is 0 Å². The summed E-state index contributed by atoms with van der Waals surface area (Å²) in [5.74, 6) is 0.329. The zero-order valence-corrected chi connectivity index (χ0v) is 13.9. The van der Waals surface area contributed by atoms with Gasteiger partial charge in [0, 0.05) is 17.3 Å². The molecule has 0 spiro atoms. The van der Waals surface area contributed by atoms with Crippen molar-refractivity contribution >= 4 is 33.8 Å². The Bertz CT molecular complexity index is 649. The van der Waals surface area contributed by atoms with Crippen LogP contribution < -0.4 is 5.32 Å². The first-order chi connectivity index (χ1) is 10.1. The minimum absolute atomic E-state index is 0.0918. The fourth-order valence-electron chi connectivity index (χ4n) is 2.47. The van der Waals surface area contributed by atoms with E-state index in [4.69, 9.17) is 0 Å². The van der Waals surface area contributed by atoms with Gasteiger partial charge < -0.3 is 4.90 Å². The molecule has 1 aliphatic rings. The van der Waals surface area contributed by atoms with E-state index in [0.717, 1.165) is 18.0 Å². The highest BCUT2D eigenvalue weighted by atomic mass is 32.1. The molecule has 0 aliphatic carbocycles. The van der Waals surface area contributed by atoms with Gasteiger partial charge >= 0.3 is 6.03 Å². The van der Waals surface area contributed by atoms with E-state index in [1.165, 1.54) is 21.8 Å². The van der Waals surface area contributed by atoms with E-state index < -0.39 is 0 Å². The van der Waals surface area contributed by atoms with Crippen molar-refractivity contribution in [1.82, 2.24) is 15.1 Å². The fourth-order valence-corrected chi connectivity index (χ4v) is 4.17. The molecule has 112 valence electrons. The van der Waals surface area contributed by atoms with Crippen LogP contribution in [0.2, 0.25) is 0 Å².